The number of amides is 1. The number of aromatic nitrogens is 1. The standard InChI is InChI=1S/C31H31ClN2O4S.Na/c1-34(2)30(35)16-17-39-29(15-12-21-6-3-4-9-27(21)31(36)37)23-7-5-8-26(18-23)38-20-25-14-11-22-10-13-24(32)19-28(22)33-25;/h3-11,13-14,18-19,29H,12,15-17,20H2,1-2H3,(H,36,37);/q;+1/p-1. The first-order valence-corrected chi connectivity index (χ1v) is 14.1. The Morgan fingerprint density at radius 2 is 1.80 bits per heavy atom. The van der Waals surface area contributed by atoms with Gasteiger partial charge in [-0.15, -0.1) is 0 Å². The summed E-state index contributed by atoms with van der Waals surface area (Å²) >= 11 is 7.81. The minimum Gasteiger partial charge on any atom is -0.545 e. The van der Waals surface area contributed by atoms with Crippen LogP contribution < -0.4 is 39.4 Å². The average Bonchev–Trinajstić information content (AvgIpc) is 2.93. The number of rotatable bonds is 12. The van der Waals surface area contributed by atoms with Crippen LogP contribution in [0.1, 0.15) is 45.3 Å². The van der Waals surface area contributed by atoms with Gasteiger partial charge in [0.05, 0.1) is 17.2 Å². The molecule has 3 aromatic carbocycles. The van der Waals surface area contributed by atoms with Crippen molar-refractivity contribution in [1.82, 2.24) is 9.88 Å². The second kappa shape index (κ2) is 15.5. The van der Waals surface area contributed by atoms with E-state index in [1.54, 1.807) is 42.9 Å². The molecule has 202 valence electrons. The number of hydrogen-bond donors (Lipinski definition) is 0. The fourth-order valence-corrected chi connectivity index (χ4v) is 5.62. The average molecular weight is 585 g/mol. The Morgan fingerprint density at radius 3 is 2.58 bits per heavy atom. The summed E-state index contributed by atoms with van der Waals surface area (Å²) < 4.78 is 6.10. The Kier molecular flexibility index (Phi) is 12.3. The number of thioether (sulfide) groups is 1. The predicted molar refractivity (Wildman–Crippen MR) is 155 cm³/mol. The van der Waals surface area contributed by atoms with E-state index in [0.29, 0.717) is 42.4 Å². The summed E-state index contributed by atoms with van der Waals surface area (Å²) in [7, 11) is 3.50. The normalized spacial score (nSPS) is 11.5. The zero-order chi connectivity index (χ0) is 27.8. The molecule has 1 aromatic heterocycles. The fourth-order valence-electron chi connectivity index (χ4n) is 4.26. The van der Waals surface area contributed by atoms with Gasteiger partial charge in [0.1, 0.15) is 12.4 Å². The van der Waals surface area contributed by atoms with Gasteiger partial charge >= 0.3 is 29.6 Å². The number of carbonyl (C=O) groups excluding carboxylic acids is 2. The summed E-state index contributed by atoms with van der Waals surface area (Å²) in [6, 6.07) is 24.4. The SMILES string of the molecule is CN(C)C(=O)CCSC(CCc1ccccc1C(=O)[O-])c1cccc(OCc2ccc3ccc(Cl)cc3n2)c1.[Na+]. The van der Waals surface area contributed by atoms with E-state index in [2.05, 4.69) is 4.98 Å². The molecule has 0 aliphatic rings. The molecule has 1 heterocycles. The van der Waals surface area contributed by atoms with Crippen molar-refractivity contribution in [2.45, 2.75) is 31.1 Å². The number of hydrogen-bond acceptors (Lipinski definition) is 6. The predicted octanol–water partition coefficient (Wildman–Crippen LogP) is 2.72. The summed E-state index contributed by atoms with van der Waals surface area (Å²) in [5.74, 6) is 0.264. The van der Waals surface area contributed by atoms with Crippen molar-refractivity contribution in [2.24, 2.45) is 0 Å². The van der Waals surface area contributed by atoms with Crippen LogP contribution in [0.4, 0.5) is 0 Å². The van der Waals surface area contributed by atoms with Crippen molar-refractivity contribution in [2.75, 3.05) is 19.8 Å². The molecular weight excluding hydrogens is 555 g/mol. The van der Waals surface area contributed by atoms with E-state index in [1.807, 2.05) is 66.7 Å². The molecule has 0 radical (unpaired) electrons. The molecule has 0 saturated heterocycles. The Morgan fingerprint density at radius 1 is 1.02 bits per heavy atom. The first-order chi connectivity index (χ1) is 18.8. The zero-order valence-corrected chi connectivity index (χ0v) is 26.5. The van der Waals surface area contributed by atoms with Crippen molar-refractivity contribution in [1.29, 1.82) is 0 Å². The number of aryl methyl sites for hydroxylation is 1. The molecule has 0 bridgehead atoms. The van der Waals surface area contributed by atoms with E-state index < -0.39 is 5.97 Å². The van der Waals surface area contributed by atoms with Crippen LogP contribution in [0, 0.1) is 0 Å². The van der Waals surface area contributed by atoms with Gasteiger partial charge in [-0.2, -0.15) is 11.8 Å². The number of nitrogens with zero attached hydrogens (tertiary/aromatic N) is 2. The molecule has 0 fully saturated rings. The van der Waals surface area contributed by atoms with Gasteiger partial charge in [0.2, 0.25) is 5.91 Å². The first-order valence-electron chi connectivity index (χ1n) is 12.7. The van der Waals surface area contributed by atoms with Gasteiger partial charge in [0, 0.05) is 47.5 Å². The summed E-state index contributed by atoms with van der Waals surface area (Å²) in [5, 5.41) is 13.3. The van der Waals surface area contributed by atoms with Crippen molar-refractivity contribution >= 4 is 46.1 Å². The van der Waals surface area contributed by atoms with Gasteiger partial charge < -0.3 is 19.5 Å². The molecule has 9 heteroatoms. The van der Waals surface area contributed by atoms with Crippen LogP contribution in [0.15, 0.2) is 78.9 Å². The second-order valence-electron chi connectivity index (χ2n) is 9.38. The van der Waals surface area contributed by atoms with Crippen LogP contribution in [-0.4, -0.2) is 41.6 Å². The number of halogens is 1. The molecular formula is C31H30ClN2NaO4S. The molecule has 6 nitrogen and oxygen atoms in total. The molecule has 0 aliphatic heterocycles. The second-order valence-corrected chi connectivity index (χ2v) is 11.1. The molecule has 0 N–H and O–H groups in total. The molecule has 1 unspecified atom stereocenters. The van der Waals surface area contributed by atoms with E-state index in [4.69, 9.17) is 16.3 Å². The molecule has 4 aromatic rings. The number of carboxylic acid groups (broad SMARTS) is 1. The number of pyridine rings is 1. The number of carboxylic acids is 1. The van der Waals surface area contributed by atoms with Crippen molar-refractivity contribution in [3.05, 3.63) is 106 Å². The summed E-state index contributed by atoms with van der Waals surface area (Å²) in [5.41, 5.74) is 3.62. The first kappa shape index (κ1) is 32.0. The maximum atomic E-state index is 12.1. The van der Waals surface area contributed by atoms with E-state index in [0.717, 1.165) is 27.7 Å². The van der Waals surface area contributed by atoms with E-state index in [9.17, 15) is 14.7 Å². The number of benzene rings is 3. The Hall–Kier alpha value is -2.55. The van der Waals surface area contributed by atoms with Gasteiger partial charge in [-0.1, -0.05) is 60.1 Å². The van der Waals surface area contributed by atoms with Crippen LogP contribution in [0.5, 0.6) is 5.75 Å². The van der Waals surface area contributed by atoms with Gasteiger partial charge in [-0.3, -0.25) is 4.79 Å². The van der Waals surface area contributed by atoms with Gasteiger partial charge in [0.15, 0.2) is 0 Å². The minimum absolute atomic E-state index is 0. The number of carbonyl (C=O) groups is 2. The fraction of sp³-hybridized carbons (Fsp3) is 0.258. The summed E-state index contributed by atoms with van der Waals surface area (Å²) in [4.78, 5) is 30.0. The molecule has 1 amide bonds. The van der Waals surface area contributed by atoms with Crippen LogP contribution in [0.3, 0.4) is 0 Å². The molecule has 0 saturated carbocycles. The van der Waals surface area contributed by atoms with Crippen LogP contribution in [-0.2, 0) is 17.8 Å². The number of fused-ring (bicyclic) bond motifs is 1. The molecule has 0 aliphatic carbocycles. The third kappa shape index (κ3) is 8.98. The summed E-state index contributed by atoms with van der Waals surface area (Å²) in [6.07, 6.45) is 1.69. The van der Waals surface area contributed by atoms with Crippen molar-refractivity contribution in [3.63, 3.8) is 0 Å². The monoisotopic (exact) mass is 584 g/mol. The van der Waals surface area contributed by atoms with Gasteiger partial charge in [-0.25, -0.2) is 4.98 Å². The maximum absolute atomic E-state index is 12.1. The molecule has 40 heavy (non-hydrogen) atoms. The third-order valence-electron chi connectivity index (χ3n) is 6.38. The number of aromatic carboxylic acids is 1. The smallest absolute Gasteiger partial charge is 0.545 e. The van der Waals surface area contributed by atoms with E-state index in [-0.39, 0.29) is 46.3 Å². The van der Waals surface area contributed by atoms with Gasteiger partial charge in [0.25, 0.3) is 0 Å². The van der Waals surface area contributed by atoms with E-state index >= 15 is 0 Å². The van der Waals surface area contributed by atoms with Crippen LogP contribution in [0.2, 0.25) is 5.02 Å². The third-order valence-corrected chi connectivity index (χ3v) is 7.96. The molecule has 4 rings (SSSR count). The zero-order valence-electron chi connectivity index (χ0n) is 22.9. The Balaban J connectivity index is 0.00000441. The number of ether oxygens (including phenoxy) is 1. The quantitative estimate of drug-likeness (QED) is 0.238. The van der Waals surface area contributed by atoms with Crippen LogP contribution in [0.25, 0.3) is 10.9 Å². The van der Waals surface area contributed by atoms with Crippen LogP contribution >= 0.6 is 23.4 Å². The Bertz CT molecular complexity index is 1470. The maximum Gasteiger partial charge on any atom is 1.00 e. The topological polar surface area (TPSA) is 82.6 Å². The minimum atomic E-state index is -1.17. The largest absolute Gasteiger partial charge is 1.00 e. The summed E-state index contributed by atoms with van der Waals surface area (Å²) in [6.45, 7) is 0.306. The van der Waals surface area contributed by atoms with Gasteiger partial charge in [-0.05, 0) is 54.3 Å². The molecule has 0 spiro atoms. The van der Waals surface area contributed by atoms with Crippen molar-refractivity contribution < 1.29 is 49.0 Å². The molecule has 1 atom stereocenters. The van der Waals surface area contributed by atoms with E-state index in [1.165, 1.54) is 0 Å². The van der Waals surface area contributed by atoms with Crippen molar-refractivity contribution in [3.8, 4) is 5.75 Å². The Labute approximate surface area is 266 Å².